The molecule has 12 heavy (non-hydrogen) atoms. The Morgan fingerprint density at radius 2 is 1.83 bits per heavy atom. The van der Waals surface area contributed by atoms with Crippen molar-refractivity contribution in [3.63, 3.8) is 0 Å². The highest BCUT2D eigenvalue weighted by Crippen LogP contribution is 2.22. The van der Waals surface area contributed by atoms with E-state index in [-0.39, 0.29) is 0 Å². The van der Waals surface area contributed by atoms with Gasteiger partial charge in [0.05, 0.1) is 0 Å². The number of hydrogen-bond acceptors (Lipinski definition) is 1. The van der Waals surface area contributed by atoms with Crippen molar-refractivity contribution in [1.29, 1.82) is 0 Å². The van der Waals surface area contributed by atoms with Gasteiger partial charge in [0.2, 0.25) is 0 Å². The van der Waals surface area contributed by atoms with Gasteiger partial charge in [0, 0.05) is 18.0 Å². The first-order valence-electron chi connectivity index (χ1n) is 5.07. The molecule has 1 rings (SSSR count). The van der Waals surface area contributed by atoms with Gasteiger partial charge in [-0.15, -0.1) is 11.6 Å². The fourth-order valence-corrected chi connectivity index (χ4v) is 2.28. The minimum absolute atomic E-state index is 0.775. The van der Waals surface area contributed by atoms with Gasteiger partial charge in [-0.2, -0.15) is 0 Å². The Bertz CT molecular complexity index is 117. The standard InChI is InChI=1S/C10H20ClN/c1-9-5-3-6-10(2)12(9)8-4-7-11/h9-10H,3-8H2,1-2H3/t9-,10-/m0/s1. The summed E-state index contributed by atoms with van der Waals surface area (Å²) in [5, 5.41) is 0. The Morgan fingerprint density at radius 3 is 2.33 bits per heavy atom. The summed E-state index contributed by atoms with van der Waals surface area (Å²) in [6.45, 7) is 5.86. The van der Waals surface area contributed by atoms with E-state index in [1.807, 2.05) is 0 Å². The largest absolute Gasteiger partial charge is 0.298 e. The van der Waals surface area contributed by atoms with Crippen LogP contribution in [0.1, 0.15) is 39.5 Å². The molecule has 0 aliphatic carbocycles. The Morgan fingerprint density at radius 1 is 1.25 bits per heavy atom. The zero-order chi connectivity index (χ0) is 8.97. The third-order valence-corrected chi connectivity index (χ3v) is 3.19. The van der Waals surface area contributed by atoms with E-state index >= 15 is 0 Å². The van der Waals surface area contributed by atoms with Crippen molar-refractivity contribution in [3.8, 4) is 0 Å². The van der Waals surface area contributed by atoms with Gasteiger partial charge in [-0.1, -0.05) is 6.42 Å². The summed E-state index contributed by atoms with van der Waals surface area (Å²) < 4.78 is 0. The van der Waals surface area contributed by atoms with Crippen LogP contribution in [0.15, 0.2) is 0 Å². The molecule has 72 valence electrons. The maximum Gasteiger partial charge on any atom is 0.0235 e. The van der Waals surface area contributed by atoms with Crippen molar-refractivity contribution in [1.82, 2.24) is 4.90 Å². The smallest absolute Gasteiger partial charge is 0.0235 e. The molecular formula is C10H20ClN. The summed E-state index contributed by atoms with van der Waals surface area (Å²) in [6.07, 6.45) is 5.27. The SMILES string of the molecule is C[C@H]1CCC[C@H](C)N1CCCCl. The molecule has 1 saturated heterocycles. The van der Waals surface area contributed by atoms with Crippen LogP contribution in [-0.2, 0) is 0 Å². The van der Waals surface area contributed by atoms with Crippen LogP contribution in [0.2, 0.25) is 0 Å². The average molecular weight is 190 g/mol. The van der Waals surface area contributed by atoms with Crippen LogP contribution in [-0.4, -0.2) is 29.4 Å². The Balaban J connectivity index is 2.34. The highest BCUT2D eigenvalue weighted by atomic mass is 35.5. The molecule has 2 heteroatoms. The molecule has 1 aliphatic heterocycles. The Hall–Kier alpha value is 0.250. The summed E-state index contributed by atoms with van der Waals surface area (Å²) in [5.41, 5.74) is 0. The molecule has 1 aliphatic rings. The molecule has 0 spiro atoms. The lowest BCUT2D eigenvalue weighted by Crippen LogP contribution is -2.44. The summed E-state index contributed by atoms with van der Waals surface area (Å²) in [4.78, 5) is 2.60. The predicted octanol–water partition coefficient (Wildman–Crippen LogP) is 2.88. The Kier molecular flexibility index (Phi) is 4.38. The van der Waals surface area contributed by atoms with Crippen molar-refractivity contribution < 1.29 is 0 Å². The topological polar surface area (TPSA) is 3.24 Å². The molecule has 0 radical (unpaired) electrons. The van der Waals surface area contributed by atoms with Crippen LogP contribution in [0, 0.1) is 0 Å². The van der Waals surface area contributed by atoms with E-state index in [1.165, 1.54) is 25.8 Å². The van der Waals surface area contributed by atoms with E-state index in [0.717, 1.165) is 24.4 Å². The van der Waals surface area contributed by atoms with Gasteiger partial charge in [0.25, 0.3) is 0 Å². The summed E-state index contributed by atoms with van der Waals surface area (Å²) in [6, 6.07) is 1.55. The molecular weight excluding hydrogens is 170 g/mol. The first-order valence-corrected chi connectivity index (χ1v) is 5.61. The van der Waals surface area contributed by atoms with E-state index in [2.05, 4.69) is 18.7 Å². The van der Waals surface area contributed by atoms with Gasteiger partial charge >= 0.3 is 0 Å². The van der Waals surface area contributed by atoms with Crippen molar-refractivity contribution in [3.05, 3.63) is 0 Å². The van der Waals surface area contributed by atoms with Gasteiger partial charge in [-0.3, -0.25) is 4.90 Å². The molecule has 2 atom stereocenters. The number of likely N-dealkylation sites (tertiary alicyclic amines) is 1. The number of nitrogens with zero attached hydrogens (tertiary/aromatic N) is 1. The van der Waals surface area contributed by atoms with Crippen molar-refractivity contribution in [2.45, 2.75) is 51.6 Å². The van der Waals surface area contributed by atoms with Crippen molar-refractivity contribution >= 4 is 11.6 Å². The van der Waals surface area contributed by atoms with Crippen molar-refractivity contribution in [2.75, 3.05) is 12.4 Å². The molecule has 0 aromatic rings. The van der Waals surface area contributed by atoms with Gasteiger partial charge in [0.1, 0.15) is 0 Å². The molecule has 0 amide bonds. The lowest BCUT2D eigenvalue weighted by molar-refractivity contribution is 0.104. The molecule has 0 N–H and O–H groups in total. The molecule has 0 aromatic heterocycles. The van der Waals surface area contributed by atoms with Crippen LogP contribution in [0.25, 0.3) is 0 Å². The van der Waals surface area contributed by atoms with E-state index in [1.54, 1.807) is 0 Å². The molecule has 0 bridgehead atoms. The van der Waals surface area contributed by atoms with E-state index in [4.69, 9.17) is 11.6 Å². The quantitative estimate of drug-likeness (QED) is 0.618. The fourth-order valence-electron chi connectivity index (χ4n) is 2.16. The number of halogens is 1. The monoisotopic (exact) mass is 189 g/mol. The minimum Gasteiger partial charge on any atom is -0.298 e. The predicted molar refractivity (Wildman–Crippen MR) is 54.8 cm³/mol. The fraction of sp³-hybridized carbons (Fsp3) is 1.00. The van der Waals surface area contributed by atoms with Crippen LogP contribution < -0.4 is 0 Å². The number of hydrogen-bond donors (Lipinski definition) is 0. The maximum absolute atomic E-state index is 5.69. The van der Waals surface area contributed by atoms with Crippen LogP contribution in [0.5, 0.6) is 0 Å². The zero-order valence-corrected chi connectivity index (χ0v) is 8.98. The van der Waals surface area contributed by atoms with E-state index < -0.39 is 0 Å². The van der Waals surface area contributed by atoms with Gasteiger partial charge in [-0.05, 0) is 39.7 Å². The first-order chi connectivity index (χ1) is 5.75. The maximum atomic E-state index is 5.69. The second-order valence-electron chi connectivity index (χ2n) is 3.91. The normalized spacial score (nSPS) is 32.2. The second kappa shape index (κ2) is 5.08. The van der Waals surface area contributed by atoms with E-state index in [9.17, 15) is 0 Å². The molecule has 1 fully saturated rings. The number of rotatable bonds is 3. The summed E-state index contributed by atoms with van der Waals surface area (Å²) in [5.74, 6) is 0.802. The second-order valence-corrected chi connectivity index (χ2v) is 4.29. The van der Waals surface area contributed by atoms with Gasteiger partial charge < -0.3 is 0 Å². The van der Waals surface area contributed by atoms with Crippen molar-refractivity contribution in [2.24, 2.45) is 0 Å². The molecule has 1 nitrogen and oxygen atoms in total. The molecule has 1 heterocycles. The summed E-state index contributed by atoms with van der Waals surface area (Å²) in [7, 11) is 0. The molecule has 0 unspecified atom stereocenters. The zero-order valence-electron chi connectivity index (χ0n) is 8.22. The summed E-state index contributed by atoms with van der Waals surface area (Å²) >= 11 is 5.69. The third kappa shape index (κ3) is 2.63. The molecule has 0 aromatic carbocycles. The van der Waals surface area contributed by atoms with Gasteiger partial charge in [0.15, 0.2) is 0 Å². The highest BCUT2D eigenvalue weighted by Gasteiger charge is 2.23. The minimum atomic E-state index is 0.775. The first kappa shape index (κ1) is 10.3. The molecule has 0 saturated carbocycles. The van der Waals surface area contributed by atoms with Crippen LogP contribution in [0.3, 0.4) is 0 Å². The van der Waals surface area contributed by atoms with Gasteiger partial charge in [-0.25, -0.2) is 0 Å². The third-order valence-electron chi connectivity index (χ3n) is 2.93. The number of piperidine rings is 1. The van der Waals surface area contributed by atoms with Crippen LogP contribution in [0.4, 0.5) is 0 Å². The lowest BCUT2D eigenvalue weighted by Gasteiger charge is -2.38. The van der Waals surface area contributed by atoms with E-state index in [0.29, 0.717) is 0 Å². The highest BCUT2D eigenvalue weighted by molar-refractivity contribution is 6.17. The average Bonchev–Trinajstić information content (AvgIpc) is 2.04. The Labute approximate surface area is 81.1 Å². The van der Waals surface area contributed by atoms with Crippen LogP contribution >= 0.6 is 11.6 Å². The lowest BCUT2D eigenvalue weighted by atomic mass is 9.97. The number of alkyl halides is 1.